The lowest BCUT2D eigenvalue weighted by molar-refractivity contribution is 0.00578. The Kier molecular flexibility index (Phi) is 7.23. The van der Waals surface area contributed by atoms with Gasteiger partial charge in [-0.15, -0.1) is 0 Å². The van der Waals surface area contributed by atoms with E-state index in [4.69, 9.17) is 14.0 Å². The van der Waals surface area contributed by atoms with Crippen molar-refractivity contribution in [3.63, 3.8) is 0 Å². The van der Waals surface area contributed by atoms with Gasteiger partial charge in [0.05, 0.1) is 11.2 Å². The summed E-state index contributed by atoms with van der Waals surface area (Å²) in [5.74, 6) is -0.0185. The lowest BCUT2D eigenvalue weighted by atomic mass is 9.76. The molecule has 1 saturated heterocycles. The molecule has 0 atom stereocenters. The van der Waals surface area contributed by atoms with Crippen molar-refractivity contribution in [3.8, 4) is 11.1 Å². The molecule has 7 heteroatoms. The second kappa shape index (κ2) is 10.5. The molecule has 5 rings (SSSR count). The predicted molar refractivity (Wildman–Crippen MR) is 154 cm³/mol. The van der Waals surface area contributed by atoms with Gasteiger partial charge in [0.15, 0.2) is 0 Å². The Hall–Kier alpha value is -3.68. The number of ether oxygens (including phenoxy) is 1. The number of amides is 1. The highest BCUT2D eigenvalue weighted by atomic mass is 16.7. The Morgan fingerprint density at radius 2 is 1.54 bits per heavy atom. The fraction of sp³-hybridized carbons (Fsp3) is 0.312. The molecule has 1 fully saturated rings. The number of hydrogen-bond acceptors (Lipinski definition) is 5. The number of nitrogens with one attached hydrogen (secondary N) is 1. The zero-order chi connectivity index (χ0) is 27.8. The van der Waals surface area contributed by atoms with Crippen LogP contribution >= 0.6 is 0 Å². The summed E-state index contributed by atoms with van der Waals surface area (Å²) in [6.45, 7) is 10.3. The molecule has 3 aromatic rings. The summed E-state index contributed by atoms with van der Waals surface area (Å²) < 4.78 is 18.3. The van der Waals surface area contributed by atoms with Gasteiger partial charge in [-0.1, -0.05) is 66.7 Å². The molecular weight excluding hydrogens is 489 g/mol. The molecule has 1 N–H and O–H groups in total. The maximum absolute atomic E-state index is 12.9. The molecule has 0 unspecified atom stereocenters. The fourth-order valence-electron chi connectivity index (χ4n) is 5.11. The van der Waals surface area contributed by atoms with Crippen molar-refractivity contribution in [1.82, 2.24) is 5.32 Å². The maximum atomic E-state index is 12.9. The molecule has 0 saturated carbocycles. The molecule has 1 amide bonds. The Morgan fingerprint density at radius 3 is 2.13 bits per heavy atom. The SMILES string of the molecule is Cc1ccc(C=O)cc1C=C(CNC(=O)OCC1c2ccccc2-c2ccccc21)B1OC(C)(C)C(C)(C)O1. The highest BCUT2D eigenvalue weighted by molar-refractivity contribution is 6.56. The van der Waals surface area contributed by atoms with Gasteiger partial charge >= 0.3 is 13.2 Å². The van der Waals surface area contributed by atoms with Gasteiger partial charge in [0.25, 0.3) is 0 Å². The van der Waals surface area contributed by atoms with Gasteiger partial charge in [0.2, 0.25) is 0 Å². The number of rotatable bonds is 7. The number of alkyl carbamates (subject to hydrolysis) is 1. The van der Waals surface area contributed by atoms with E-state index in [9.17, 15) is 9.59 Å². The standard InChI is InChI=1S/C32H34BNO5/c1-21-14-15-22(19-35)16-23(21)17-24(33-38-31(2,3)32(4,5)39-33)18-34-30(36)37-20-29-27-12-8-6-10-25(27)26-11-7-9-13-28(26)29/h6-17,19,29H,18,20H2,1-5H3,(H,34,36). The third-order valence-corrected chi connectivity index (χ3v) is 8.12. The summed E-state index contributed by atoms with van der Waals surface area (Å²) in [5.41, 5.74) is 6.76. The monoisotopic (exact) mass is 523 g/mol. The predicted octanol–water partition coefficient (Wildman–Crippen LogP) is 6.36. The summed E-state index contributed by atoms with van der Waals surface area (Å²) >= 11 is 0. The Balaban J connectivity index is 1.33. The number of carbonyl (C=O) groups is 2. The summed E-state index contributed by atoms with van der Waals surface area (Å²) in [6.07, 6.45) is 2.23. The van der Waals surface area contributed by atoms with Gasteiger partial charge in [-0.2, -0.15) is 0 Å². The molecule has 0 spiro atoms. The van der Waals surface area contributed by atoms with Crippen LogP contribution in [-0.2, 0) is 14.0 Å². The van der Waals surface area contributed by atoms with Crippen molar-refractivity contribution in [2.24, 2.45) is 0 Å². The van der Waals surface area contributed by atoms with E-state index in [2.05, 4.69) is 29.6 Å². The van der Waals surface area contributed by atoms with Crippen LogP contribution in [0.25, 0.3) is 17.2 Å². The molecular formula is C32H34BNO5. The maximum Gasteiger partial charge on any atom is 0.492 e. The zero-order valence-corrected chi connectivity index (χ0v) is 23.1. The topological polar surface area (TPSA) is 73.9 Å². The smallest absolute Gasteiger partial charge is 0.449 e. The van der Waals surface area contributed by atoms with Crippen LogP contribution in [0.15, 0.2) is 72.2 Å². The van der Waals surface area contributed by atoms with Crippen LogP contribution in [0.1, 0.15) is 66.2 Å². The highest BCUT2D eigenvalue weighted by Gasteiger charge is 2.52. The first kappa shape index (κ1) is 26.9. The molecule has 0 bridgehead atoms. The normalized spacial score (nSPS) is 17.5. The Morgan fingerprint density at radius 1 is 0.949 bits per heavy atom. The molecule has 6 nitrogen and oxygen atoms in total. The first-order chi connectivity index (χ1) is 18.6. The number of aldehydes is 1. The second-order valence-corrected chi connectivity index (χ2v) is 11.2. The first-order valence-electron chi connectivity index (χ1n) is 13.3. The number of benzene rings is 3. The van der Waals surface area contributed by atoms with Crippen LogP contribution < -0.4 is 5.32 Å². The van der Waals surface area contributed by atoms with Crippen LogP contribution in [0.3, 0.4) is 0 Å². The second-order valence-electron chi connectivity index (χ2n) is 11.2. The van der Waals surface area contributed by atoms with Crippen molar-refractivity contribution in [2.75, 3.05) is 13.2 Å². The molecule has 39 heavy (non-hydrogen) atoms. The van der Waals surface area contributed by atoms with Crippen LogP contribution in [0.5, 0.6) is 0 Å². The average molecular weight is 523 g/mol. The molecule has 1 aliphatic heterocycles. The lowest BCUT2D eigenvalue weighted by Crippen LogP contribution is -2.41. The minimum atomic E-state index is -0.664. The van der Waals surface area contributed by atoms with Crippen molar-refractivity contribution in [1.29, 1.82) is 0 Å². The lowest BCUT2D eigenvalue weighted by Gasteiger charge is -2.32. The molecule has 2 aliphatic rings. The fourth-order valence-corrected chi connectivity index (χ4v) is 5.11. The quantitative estimate of drug-likeness (QED) is 0.288. The van der Waals surface area contributed by atoms with Gasteiger partial charge in [-0.3, -0.25) is 4.79 Å². The van der Waals surface area contributed by atoms with Crippen LogP contribution in [0.4, 0.5) is 4.79 Å². The number of hydrogen-bond donors (Lipinski definition) is 1. The number of fused-ring (bicyclic) bond motifs is 3. The minimum absolute atomic E-state index is 0.0185. The largest absolute Gasteiger partial charge is 0.492 e. The van der Waals surface area contributed by atoms with Gasteiger partial charge < -0.3 is 19.4 Å². The summed E-state index contributed by atoms with van der Waals surface area (Å²) in [5, 5.41) is 2.90. The van der Waals surface area contributed by atoms with E-state index >= 15 is 0 Å². The van der Waals surface area contributed by atoms with Gasteiger partial charge in [0, 0.05) is 18.0 Å². The molecule has 0 radical (unpaired) electrons. The van der Waals surface area contributed by atoms with E-state index in [-0.39, 0.29) is 19.1 Å². The van der Waals surface area contributed by atoms with Gasteiger partial charge in [-0.05, 0) is 79.5 Å². The minimum Gasteiger partial charge on any atom is -0.449 e. The Bertz CT molecular complexity index is 1380. The van der Waals surface area contributed by atoms with Gasteiger partial charge in [-0.25, -0.2) is 4.79 Å². The van der Waals surface area contributed by atoms with Crippen molar-refractivity contribution >= 4 is 25.6 Å². The first-order valence-corrected chi connectivity index (χ1v) is 13.3. The van der Waals surface area contributed by atoms with E-state index in [1.54, 1.807) is 6.07 Å². The van der Waals surface area contributed by atoms with Crippen LogP contribution in [0, 0.1) is 6.92 Å². The molecule has 0 aromatic heterocycles. The molecule has 1 heterocycles. The van der Waals surface area contributed by atoms with Crippen molar-refractivity contribution < 1.29 is 23.6 Å². The number of aryl methyl sites for hydroxylation is 1. The summed E-state index contributed by atoms with van der Waals surface area (Å²) in [4.78, 5) is 24.3. The van der Waals surface area contributed by atoms with Crippen LogP contribution in [-0.4, -0.2) is 43.9 Å². The van der Waals surface area contributed by atoms with Crippen LogP contribution in [0.2, 0.25) is 0 Å². The highest BCUT2D eigenvalue weighted by Crippen LogP contribution is 2.44. The average Bonchev–Trinajstić information content (AvgIpc) is 3.35. The number of carbonyl (C=O) groups excluding carboxylic acids is 2. The molecule has 200 valence electrons. The zero-order valence-electron chi connectivity index (χ0n) is 23.1. The van der Waals surface area contributed by atoms with E-state index in [0.29, 0.717) is 5.56 Å². The summed E-state index contributed by atoms with van der Waals surface area (Å²) in [7, 11) is -0.664. The van der Waals surface area contributed by atoms with Crippen molar-refractivity contribution in [2.45, 2.75) is 51.7 Å². The van der Waals surface area contributed by atoms with Crippen molar-refractivity contribution in [3.05, 3.63) is 100 Å². The van der Waals surface area contributed by atoms with E-state index in [0.717, 1.165) is 34.0 Å². The van der Waals surface area contributed by atoms with E-state index in [1.807, 2.05) is 77.1 Å². The third kappa shape index (κ3) is 5.29. The summed E-state index contributed by atoms with van der Waals surface area (Å²) in [6, 6.07) is 22.0. The van der Waals surface area contributed by atoms with E-state index in [1.165, 1.54) is 11.1 Å². The van der Waals surface area contributed by atoms with E-state index < -0.39 is 24.4 Å². The van der Waals surface area contributed by atoms with Gasteiger partial charge in [0.1, 0.15) is 12.9 Å². The Labute approximate surface area is 230 Å². The molecule has 3 aromatic carbocycles. The molecule has 1 aliphatic carbocycles. The third-order valence-electron chi connectivity index (χ3n) is 8.12.